The molecule has 0 heterocycles. The van der Waals surface area contributed by atoms with Crippen LogP contribution < -0.4 is 0 Å². The van der Waals surface area contributed by atoms with Crippen molar-refractivity contribution in [1.82, 2.24) is 0 Å². The van der Waals surface area contributed by atoms with Gasteiger partial charge >= 0.3 is 0 Å². The maximum atomic E-state index is 3.16. The van der Waals surface area contributed by atoms with E-state index in [0.717, 1.165) is 0 Å². The van der Waals surface area contributed by atoms with Crippen molar-refractivity contribution >= 4 is 10.8 Å². The predicted molar refractivity (Wildman–Crippen MR) is 46.4 cm³/mol. The molecule has 0 aromatic heterocycles. The predicted octanol–water partition coefficient (Wildman–Crippen LogP) is 2.75. The first-order chi connectivity index (χ1) is 5.36. The molecule has 52 valence electrons. The van der Waals surface area contributed by atoms with Gasteiger partial charge in [-0.25, -0.2) is 0 Å². The number of benzene rings is 2. The van der Waals surface area contributed by atoms with Crippen molar-refractivity contribution in [3.05, 3.63) is 48.0 Å². The van der Waals surface area contributed by atoms with Crippen molar-refractivity contribution in [2.24, 2.45) is 0 Å². The van der Waals surface area contributed by atoms with E-state index in [2.05, 4.69) is 18.2 Å². The highest BCUT2D eigenvalue weighted by atomic mass is 13.9. The third kappa shape index (κ3) is 1.12. The molecule has 0 amide bonds. The normalized spacial score (nSPS) is 10.3. The molecule has 0 saturated carbocycles. The molecule has 0 aliphatic heterocycles. The molecule has 11 heavy (non-hydrogen) atoms. The number of aryl methyl sites for hydroxylation is 1. The molecule has 0 nitrogen and oxygen atoms in total. The summed E-state index contributed by atoms with van der Waals surface area (Å²) in [6.07, 6.45) is 0. The van der Waals surface area contributed by atoms with E-state index in [1.807, 2.05) is 31.2 Å². The summed E-state index contributed by atoms with van der Waals surface area (Å²) in [6, 6.07) is 16.3. The first-order valence-electron chi connectivity index (χ1n) is 3.64. The highest BCUT2D eigenvalue weighted by molar-refractivity contribution is 5.82. The number of fused-ring (bicyclic) bond motifs is 1. The van der Waals surface area contributed by atoms with Crippen LogP contribution in [0.2, 0.25) is 0 Å². The van der Waals surface area contributed by atoms with Crippen molar-refractivity contribution in [2.45, 2.75) is 6.92 Å². The highest BCUT2D eigenvalue weighted by Gasteiger charge is 1.90. The van der Waals surface area contributed by atoms with Gasteiger partial charge in [-0.1, -0.05) is 18.2 Å². The molecule has 0 aliphatic rings. The van der Waals surface area contributed by atoms with Crippen LogP contribution in [0.3, 0.4) is 0 Å². The lowest BCUT2D eigenvalue weighted by Crippen LogP contribution is -1.74. The van der Waals surface area contributed by atoms with Crippen LogP contribution in [0, 0.1) is 19.1 Å². The molecule has 0 heteroatoms. The van der Waals surface area contributed by atoms with E-state index in [4.69, 9.17) is 0 Å². The van der Waals surface area contributed by atoms with Crippen molar-refractivity contribution in [2.75, 3.05) is 0 Å². The summed E-state index contributed by atoms with van der Waals surface area (Å²) in [7, 11) is 0. The molecular formula is C11H8. The SMILES string of the molecule is Cc1[c]cc2cc[c]cc2c1. The molecule has 2 rings (SSSR count). The van der Waals surface area contributed by atoms with E-state index in [1.54, 1.807) is 0 Å². The molecule has 0 fully saturated rings. The van der Waals surface area contributed by atoms with Gasteiger partial charge in [0, 0.05) is 0 Å². The largest absolute Gasteiger partial charge is 0.0537 e. The first kappa shape index (κ1) is 6.41. The molecule has 2 aromatic rings. The summed E-state index contributed by atoms with van der Waals surface area (Å²) in [6.45, 7) is 2.05. The summed E-state index contributed by atoms with van der Waals surface area (Å²) in [5, 5.41) is 2.47. The van der Waals surface area contributed by atoms with Crippen LogP contribution in [0.4, 0.5) is 0 Å². The van der Waals surface area contributed by atoms with E-state index >= 15 is 0 Å². The minimum absolute atomic E-state index is 1.18. The maximum absolute atomic E-state index is 3.16. The van der Waals surface area contributed by atoms with E-state index in [-0.39, 0.29) is 0 Å². The summed E-state index contributed by atoms with van der Waals surface area (Å²) < 4.78 is 0. The summed E-state index contributed by atoms with van der Waals surface area (Å²) in [4.78, 5) is 0. The zero-order valence-electron chi connectivity index (χ0n) is 6.39. The van der Waals surface area contributed by atoms with E-state index in [0.29, 0.717) is 0 Å². The Hall–Kier alpha value is -1.30. The Kier molecular flexibility index (Phi) is 1.39. The van der Waals surface area contributed by atoms with Gasteiger partial charge in [-0.2, -0.15) is 0 Å². The van der Waals surface area contributed by atoms with Gasteiger partial charge in [0.05, 0.1) is 0 Å². The maximum Gasteiger partial charge on any atom is -0.0145 e. The number of rotatable bonds is 0. The van der Waals surface area contributed by atoms with Crippen LogP contribution in [0.1, 0.15) is 5.56 Å². The van der Waals surface area contributed by atoms with E-state index in [9.17, 15) is 0 Å². The third-order valence-electron chi connectivity index (χ3n) is 1.76. The topological polar surface area (TPSA) is 0 Å². The van der Waals surface area contributed by atoms with Gasteiger partial charge in [0.2, 0.25) is 0 Å². The van der Waals surface area contributed by atoms with E-state index in [1.165, 1.54) is 16.3 Å². The van der Waals surface area contributed by atoms with Gasteiger partial charge in [0.15, 0.2) is 0 Å². The number of hydrogen-bond donors (Lipinski definition) is 0. The van der Waals surface area contributed by atoms with Crippen LogP contribution in [0.5, 0.6) is 0 Å². The van der Waals surface area contributed by atoms with Crippen molar-refractivity contribution in [1.29, 1.82) is 0 Å². The van der Waals surface area contributed by atoms with Gasteiger partial charge < -0.3 is 0 Å². The van der Waals surface area contributed by atoms with Crippen molar-refractivity contribution in [3.63, 3.8) is 0 Å². The van der Waals surface area contributed by atoms with Crippen LogP contribution in [0.25, 0.3) is 10.8 Å². The molecule has 0 unspecified atom stereocenters. The summed E-state index contributed by atoms with van der Waals surface area (Å²) >= 11 is 0. The fraction of sp³-hybridized carbons (Fsp3) is 0.0909. The van der Waals surface area contributed by atoms with Gasteiger partial charge in [0.1, 0.15) is 0 Å². The summed E-state index contributed by atoms with van der Waals surface area (Å²) in [5.74, 6) is 0. The third-order valence-corrected chi connectivity index (χ3v) is 1.76. The van der Waals surface area contributed by atoms with Crippen LogP contribution in [-0.2, 0) is 0 Å². The lowest BCUT2D eigenvalue weighted by atomic mass is 10.1. The molecule has 2 radical (unpaired) electrons. The zero-order chi connectivity index (χ0) is 7.68. The Labute approximate surface area is 66.5 Å². The summed E-state index contributed by atoms with van der Waals surface area (Å²) in [5.41, 5.74) is 1.18. The number of hydrogen-bond acceptors (Lipinski definition) is 0. The Bertz CT molecular complexity index is 374. The van der Waals surface area contributed by atoms with Crippen LogP contribution >= 0.6 is 0 Å². The molecule has 0 bridgehead atoms. The smallest absolute Gasteiger partial charge is 0.0145 e. The monoisotopic (exact) mass is 140 g/mol. The Balaban J connectivity index is 2.83. The Morgan fingerprint density at radius 1 is 1.18 bits per heavy atom. The van der Waals surface area contributed by atoms with Crippen molar-refractivity contribution < 1.29 is 0 Å². The van der Waals surface area contributed by atoms with E-state index < -0.39 is 0 Å². The van der Waals surface area contributed by atoms with Gasteiger partial charge in [-0.05, 0) is 47.5 Å². The Morgan fingerprint density at radius 2 is 2.09 bits per heavy atom. The average Bonchev–Trinajstić information content (AvgIpc) is 2.04. The fourth-order valence-corrected chi connectivity index (χ4v) is 1.18. The quantitative estimate of drug-likeness (QED) is 0.527. The first-order valence-corrected chi connectivity index (χ1v) is 3.64. The average molecular weight is 140 g/mol. The molecule has 0 aliphatic carbocycles. The van der Waals surface area contributed by atoms with Crippen LogP contribution in [0.15, 0.2) is 30.3 Å². The second-order valence-electron chi connectivity index (χ2n) is 2.67. The lowest BCUT2D eigenvalue weighted by molar-refractivity contribution is 1.49. The molecule has 0 spiro atoms. The minimum Gasteiger partial charge on any atom is -0.0537 e. The molecule has 0 saturated heterocycles. The fourth-order valence-electron chi connectivity index (χ4n) is 1.18. The standard InChI is InChI=1S/C11H8/c1-9-6-7-10-4-2-3-5-11(10)8-9/h2,4-5,7-8H,1H3. The molecule has 2 aromatic carbocycles. The van der Waals surface area contributed by atoms with Gasteiger partial charge in [-0.15, -0.1) is 0 Å². The molecule has 0 atom stereocenters. The Morgan fingerprint density at radius 3 is 3.00 bits per heavy atom. The van der Waals surface area contributed by atoms with Crippen molar-refractivity contribution in [3.8, 4) is 0 Å². The van der Waals surface area contributed by atoms with Gasteiger partial charge in [-0.3, -0.25) is 0 Å². The highest BCUT2D eigenvalue weighted by Crippen LogP contribution is 2.13. The molecule has 0 N–H and O–H groups in total. The minimum atomic E-state index is 1.18. The lowest BCUT2D eigenvalue weighted by Gasteiger charge is -1.96. The van der Waals surface area contributed by atoms with Crippen LogP contribution in [-0.4, -0.2) is 0 Å². The second kappa shape index (κ2) is 2.39. The molecular weight excluding hydrogens is 132 g/mol. The second-order valence-corrected chi connectivity index (χ2v) is 2.67. The van der Waals surface area contributed by atoms with Gasteiger partial charge in [0.25, 0.3) is 0 Å². The zero-order valence-corrected chi connectivity index (χ0v) is 6.39.